The number of hydrogen-bond donors (Lipinski definition) is 1. The number of aryl methyl sites for hydroxylation is 1. The Kier molecular flexibility index (Phi) is 5.15. The SMILES string of the molecule is COc1ccc(CCS(=O)C(C)C(=O)O)cc1. The van der Waals surface area contributed by atoms with E-state index in [-0.39, 0.29) is 0 Å². The van der Waals surface area contributed by atoms with Crippen LogP contribution in [0.3, 0.4) is 0 Å². The fraction of sp³-hybridized carbons (Fsp3) is 0.417. The summed E-state index contributed by atoms with van der Waals surface area (Å²) in [6.07, 6.45) is 0.605. The Labute approximate surface area is 103 Å². The first-order chi connectivity index (χ1) is 8.04. The molecule has 0 spiro atoms. The second-order valence-electron chi connectivity index (χ2n) is 3.66. The average Bonchev–Trinajstić information content (AvgIpc) is 2.35. The monoisotopic (exact) mass is 256 g/mol. The molecule has 4 nitrogen and oxygen atoms in total. The van der Waals surface area contributed by atoms with Gasteiger partial charge in [0.25, 0.3) is 0 Å². The summed E-state index contributed by atoms with van der Waals surface area (Å²) >= 11 is 0. The molecule has 1 N–H and O–H groups in total. The molecule has 0 amide bonds. The van der Waals surface area contributed by atoms with Crippen LogP contribution in [-0.2, 0) is 22.0 Å². The van der Waals surface area contributed by atoms with Crippen LogP contribution in [0.4, 0.5) is 0 Å². The summed E-state index contributed by atoms with van der Waals surface area (Å²) < 4.78 is 16.6. The van der Waals surface area contributed by atoms with Crippen LogP contribution in [0, 0.1) is 0 Å². The summed E-state index contributed by atoms with van der Waals surface area (Å²) in [5.74, 6) is 0.117. The lowest BCUT2D eigenvalue weighted by atomic mass is 10.2. The van der Waals surface area contributed by atoms with Gasteiger partial charge in [0.2, 0.25) is 0 Å². The van der Waals surface area contributed by atoms with Crippen molar-refractivity contribution >= 4 is 16.8 Å². The van der Waals surface area contributed by atoms with E-state index in [4.69, 9.17) is 9.84 Å². The van der Waals surface area contributed by atoms with E-state index in [0.29, 0.717) is 12.2 Å². The quantitative estimate of drug-likeness (QED) is 0.837. The highest BCUT2D eigenvalue weighted by Crippen LogP contribution is 2.12. The normalized spacial score (nSPS) is 14.0. The molecule has 1 aromatic carbocycles. The Morgan fingerprint density at radius 2 is 2.00 bits per heavy atom. The third-order valence-electron chi connectivity index (χ3n) is 2.49. The third kappa shape index (κ3) is 4.19. The number of ether oxygens (including phenoxy) is 1. The van der Waals surface area contributed by atoms with E-state index in [9.17, 15) is 9.00 Å². The lowest BCUT2D eigenvalue weighted by Gasteiger charge is -2.07. The molecule has 0 aliphatic carbocycles. The number of benzene rings is 1. The first-order valence-corrected chi connectivity index (χ1v) is 6.65. The predicted molar refractivity (Wildman–Crippen MR) is 66.8 cm³/mol. The summed E-state index contributed by atoms with van der Waals surface area (Å²) in [5, 5.41) is 7.90. The average molecular weight is 256 g/mol. The number of carbonyl (C=O) groups is 1. The Hall–Kier alpha value is -1.36. The largest absolute Gasteiger partial charge is 0.497 e. The van der Waals surface area contributed by atoms with Crippen molar-refractivity contribution in [3.63, 3.8) is 0 Å². The van der Waals surface area contributed by atoms with E-state index in [2.05, 4.69) is 0 Å². The van der Waals surface area contributed by atoms with E-state index in [1.807, 2.05) is 24.3 Å². The van der Waals surface area contributed by atoms with E-state index < -0.39 is 22.0 Å². The van der Waals surface area contributed by atoms with Crippen molar-refractivity contribution in [2.45, 2.75) is 18.6 Å². The van der Waals surface area contributed by atoms with Crippen LogP contribution in [0.5, 0.6) is 5.75 Å². The predicted octanol–water partition coefficient (Wildman–Crippen LogP) is 1.46. The van der Waals surface area contributed by atoms with Gasteiger partial charge in [-0.05, 0) is 31.0 Å². The molecule has 2 unspecified atom stereocenters. The van der Waals surface area contributed by atoms with Crippen molar-refractivity contribution in [3.05, 3.63) is 29.8 Å². The zero-order chi connectivity index (χ0) is 12.8. The van der Waals surface area contributed by atoms with Crippen LogP contribution in [0.2, 0.25) is 0 Å². The maximum atomic E-state index is 11.6. The maximum absolute atomic E-state index is 11.6. The summed E-state index contributed by atoms with van der Waals surface area (Å²) in [6.45, 7) is 1.46. The van der Waals surface area contributed by atoms with Crippen molar-refractivity contribution in [3.8, 4) is 5.75 Å². The molecule has 0 bridgehead atoms. The molecule has 0 aliphatic heterocycles. The highest BCUT2D eigenvalue weighted by molar-refractivity contribution is 7.86. The number of methoxy groups -OCH3 is 1. The minimum absolute atomic E-state index is 0.361. The molecule has 2 atom stereocenters. The second-order valence-corrected chi connectivity index (χ2v) is 5.54. The Balaban J connectivity index is 2.50. The van der Waals surface area contributed by atoms with Gasteiger partial charge >= 0.3 is 5.97 Å². The summed E-state index contributed by atoms with van der Waals surface area (Å²) in [7, 11) is 0.263. The Morgan fingerprint density at radius 3 is 2.47 bits per heavy atom. The number of rotatable bonds is 6. The van der Waals surface area contributed by atoms with Gasteiger partial charge < -0.3 is 9.84 Å². The van der Waals surface area contributed by atoms with Crippen molar-refractivity contribution in [2.75, 3.05) is 12.9 Å². The zero-order valence-corrected chi connectivity index (χ0v) is 10.7. The molecule has 5 heteroatoms. The highest BCUT2D eigenvalue weighted by atomic mass is 32.2. The highest BCUT2D eigenvalue weighted by Gasteiger charge is 2.18. The molecule has 0 saturated carbocycles. The molecule has 0 saturated heterocycles. The van der Waals surface area contributed by atoms with E-state index in [1.54, 1.807) is 7.11 Å². The van der Waals surface area contributed by atoms with Gasteiger partial charge in [-0.1, -0.05) is 12.1 Å². The van der Waals surface area contributed by atoms with Crippen LogP contribution in [0.15, 0.2) is 24.3 Å². The van der Waals surface area contributed by atoms with E-state index >= 15 is 0 Å². The number of aliphatic carboxylic acids is 1. The first-order valence-electron chi connectivity index (χ1n) is 5.27. The lowest BCUT2D eigenvalue weighted by molar-refractivity contribution is -0.136. The standard InChI is InChI=1S/C12H16O4S/c1-9(12(13)14)17(15)8-7-10-3-5-11(16-2)6-4-10/h3-6,9H,7-8H2,1-2H3,(H,13,14). The summed E-state index contributed by atoms with van der Waals surface area (Å²) in [6, 6.07) is 7.45. The van der Waals surface area contributed by atoms with Crippen LogP contribution in [-0.4, -0.2) is 33.4 Å². The van der Waals surface area contributed by atoms with E-state index in [1.165, 1.54) is 6.92 Å². The van der Waals surface area contributed by atoms with Gasteiger partial charge in [-0.2, -0.15) is 0 Å². The van der Waals surface area contributed by atoms with Crippen LogP contribution >= 0.6 is 0 Å². The van der Waals surface area contributed by atoms with Crippen LogP contribution < -0.4 is 4.74 Å². The van der Waals surface area contributed by atoms with Crippen LogP contribution in [0.1, 0.15) is 12.5 Å². The second kappa shape index (κ2) is 6.39. The molecule has 1 rings (SSSR count). The maximum Gasteiger partial charge on any atom is 0.318 e. The smallest absolute Gasteiger partial charge is 0.318 e. The minimum Gasteiger partial charge on any atom is -0.497 e. The molecule has 1 aromatic rings. The lowest BCUT2D eigenvalue weighted by Crippen LogP contribution is -2.24. The Bertz CT molecular complexity index is 399. The van der Waals surface area contributed by atoms with Crippen molar-refractivity contribution in [2.24, 2.45) is 0 Å². The molecule has 0 heterocycles. The van der Waals surface area contributed by atoms with Crippen molar-refractivity contribution in [1.29, 1.82) is 0 Å². The summed E-state index contributed by atoms with van der Waals surface area (Å²) in [4.78, 5) is 10.6. The molecule has 94 valence electrons. The zero-order valence-electron chi connectivity index (χ0n) is 9.88. The fourth-order valence-electron chi connectivity index (χ4n) is 1.30. The fourth-order valence-corrected chi connectivity index (χ4v) is 2.32. The van der Waals surface area contributed by atoms with Gasteiger partial charge in [-0.3, -0.25) is 9.00 Å². The van der Waals surface area contributed by atoms with Gasteiger partial charge in [0.15, 0.2) is 0 Å². The number of carboxylic acids is 1. The van der Waals surface area contributed by atoms with E-state index in [0.717, 1.165) is 11.3 Å². The molecule has 0 aliphatic rings. The van der Waals surface area contributed by atoms with Gasteiger partial charge in [0.05, 0.1) is 7.11 Å². The first kappa shape index (κ1) is 13.7. The number of carboxylic acid groups (broad SMARTS) is 1. The minimum atomic E-state index is -1.33. The van der Waals surface area contributed by atoms with Gasteiger partial charge in [-0.25, -0.2) is 0 Å². The van der Waals surface area contributed by atoms with Crippen molar-refractivity contribution in [1.82, 2.24) is 0 Å². The molecule has 0 aromatic heterocycles. The Morgan fingerprint density at radius 1 is 1.41 bits per heavy atom. The molecule has 0 radical (unpaired) electrons. The molecule has 0 fully saturated rings. The molecular formula is C12H16O4S. The van der Waals surface area contributed by atoms with Gasteiger partial charge in [0.1, 0.15) is 11.0 Å². The van der Waals surface area contributed by atoms with Crippen LogP contribution in [0.25, 0.3) is 0 Å². The summed E-state index contributed by atoms with van der Waals surface area (Å²) in [5.41, 5.74) is 1.02. The topological polar surface area (TPSA) is 63.6 Å². The van der Waals surface area contributed by atoms with Gasteiger partial charge in [-0.15, -0.1) is 0 Å². The number of hydrogen-bond acceptors (Lipinski definition) is 3. The third-order valence-corrected chi connectivity index (χ3v) is 4.09. The molecular weight excluding hydrogens is 240 g/mol. The van der Waals surface area contributed by atoms with Crippen molar-refractivity contribution < 1.29 is 18.8 Å². The molecule has 17 heavy (non-hydrogen) atoms. The van der Waals surface area contributed by atoms with Gasteiger partial charge in [0, 0.05) is 16.6 Å².